The molecule has 0 amide bonds. The summed E-state index contributed by atoms with van der Waals surface area (Å²) >= 11 is 9.28. The van der Waals surface area contributed by atoms with Gasteiger partial charge < -0.3 is 0 Å². The molecular weight excluding hydrogens is 376 g/mol. The van der Waals surface area contributed by atoms with Gasteiger partial charge in [-0.25, -0.2) is 17.4 Å². The highest BCUT2D eigenvalue weighted by Crippen LogP contribution is 2.30. The summed E-state index contributed by atoms with van der Waals surface area (Å²) in [5.74, 6) is 0. The first-order valence-electron chi connectivity index (χ1n) is 6.31. The van der Waals surface area contributed by atoms with Crippen LogP contribution in [0.1, 0.15) is 13.3 Å². The fourth-order valence-corrected chi connectivity index (χ4v) is 4.62. The Bertz CT molecular complexity index is 884. The molecule has 1 atom stereocenters. The normalized spacial score (nSPS) is 19.0. The van der Waals surface area contributed by atoms with Gasteiger partial charge in [-0.05, 0) is 35.3 Å². The average Bonchev–Trinajstić information content (AvgIpc) is 2.77. The molecule has 1 unspecified atom stereocenters. The van der Waals surface area contributed by atoms with Gasteiger partial charge in [-0.15, -0.1) is 0 Å². The molecule has 2 heterocycles. The van der Waals surface area contributed by atoms with E-state index in [0.717, 1.165) is 5.57 Å². The first kappa shape index (κ1) is 14.8. The number of allylic oxidation sites excluding steroid dienone is 3. The molecular formula is C14H12BrClN2O2S. The number of rotatable bonds is 2. The number of hydrogen-bond donors (Lipinski definition) is 0. The molecule has 0 aliphatic heterocycles. The fourth-order valence-electron chi connectivity index (χ4n) is 2.29. The van der Waals surface area contributed by atoms with Crippen molar-refractivity contribution in [1.82, 2.24) is 8.96 Å². The second kappa shape index (κ2) is 5.26. The summed E-state index contributed by atoms with van der Waals surface area (Å²) in [6.07, 6.45) is 8.92. The van der Waals surface area contributed by atoms with E-state index in [9.17, 15) is 8.42 Å². The molecule has 1 aliphatic rings. The SMILES string of the molecule is CC1=CCC(S(=O)(=O)n2cc(Br)c3cc(Cl)cnc32)C=C1. The molecule has 0 radical (unpaired) electrons. The first-order valence-corrected chi connectivity index (χ1v) is 8.98. The number of halogens is 2. The number of aromatic nitrogens is 2. The zero-order chi connectivity index (χ0) is 15.2. The minimum Gasteiger partial charge on any atom is -0.236 e. The van der Waals surface area contributed by atoms with Crippen LogP contribution in [0.2, 0.25) is 5.02 Å². The smallest absolute Gasteiger partial charge is 0.236 e. The third kappa shape index (κ3) is 2.56. The molecule has 0 aromatic carbocycles. The summed E-state index contributed by atoms with van der Waals surface area (Å²) in [5, 5.41) is 0.563. The van der Waals surface area contributed by atoms with Crippen molar-refractivity contribution in [2.24, 2.45) is 0 Å². The molecule has 4 nitrogen and oxygen atoms in total. The molecule has 0 bridgehead atoms. The average molecular weight is 388 g/mol. The second-order valence-corrected chi connectivity index (χ2v) is 8.24. The van der Waals surface area contributed by atoms with E-state index in [1.54, 1.807) is 12.1 Å². The van der Waals surface area contributed by atoms with Gasteiger partial charge in [0.25, 0.3) is 0 Å². The summed E-state index contributed by atoms with van der Waals surface area (Å²) in [6.45, 7) is 1.95. The largest absolute Gasteiger partial charge is 0.247 e. The van der Waals surface area contributed by atoms with Crippen molar-refractivity contribution in [2.45, 2.75) is 18.6 Å². The molecule has 7 heteroatoms. The van der Waals surface area contributed by atoms with E-state index < -0.39 is 15.3 Å². The van der Waals surface area contributed by atoms with Crippen molar-refractivity contribution in [3.63, 3.8) is 0 Å². The Labute approximate surface area is 136 Å². The quantitative estimate of drug-likeness (QED) is 0.785. The van der Waals surface area contributed by atoms with Crippen LogP contribution >= 0.6 is 27.5 Å². The van der Waals surface area contributed by atoms with Crippen molar-refractivity contribution < 1.29 is 8.42 Å². The molecule has 0 N–H and O–H groups in total. The third-order valence-corrected chi connectivity index (χ3v) is 6.21. The Morgan fingerprint density at radius 2 is 2.24 bits per heavy atom. The topological polar surface area (TPSA) is 52.0 Å². The summed E-state index contributed by atoms with van der Waals surface area (Å²) in [7, 11) is -3.55. The zero-order valence-electron chi connectivity index (χ0n) is 11.1. The van der Waals surface area contributed by atoms with Crippen LogP contribution in [0, 0.1) is 0 Å². The number of pyridine rings is 1. The van der Waals surface area contributed by atoms with Gasteiger partial charge in [0.2, 0.25) is 10.0 Å². The van der Waals surface area contributed by atoms with Gasteiger partial charge in [-0.1, -0.05) is 35.4 Å². The lowest BCUT2D eigenvalue weighted by Crippen LogP contribution is -2.26. The molecule has 21 heavy (non-hydrogen) atoms. The van der Waals surface area contributed by atoms with Crippen LogP contribution in [0.15, 0.2) is 46.7 Å². The second-order valence-electron chi connectivity index (χ2n) is 4.92. The molecule has 1 aliphatic carbocycles. The molecule has 2 aromatic heterocycles. The first-order chi connectivity index (χ1) is 9.89. The molecule has 0 fully saturated rings. The van der Waals surface area contributed by atoms with Crippen LogP contribution in [0.4, 0.5) is 0 Å². The van der Waals surface area contributed by atoms with Gasteiger partial charge >= 0.3 is 0 Å². The van der Waals surface area contributed by atoms with Crippen molar-refractivity contribution in [2.75, 3.05) is 0 Å². The van der Waals surface area contributed by atoms with E-state index in [1.165, 1.54) is 16.4 Å². The van der Waals surface area contributed by atoms with E-state index in [4.69, 9.17) is 11.6 Å². The van der Waals surface area contributed by atoms with Crippen molar-refractivity contribution in [1.29, 1.82) is 0 Å². The molecule has 0 saturated heterocycles. The van der Waals surface area contributed by atoms with Gasteiger partial charge in [0.1, 0.15) is 5.25 Å². The van der Waals surface area contributed by atoms with Gasteiger partial charge in [0, 0.05) is 22.3 Å². The predicted molar refractivity (Wildman–Crippen MR) is 88.1 cm³/mol. The Morgan fingerprint density at radius 3 is 2.90 bits per heavy atom. The number of hydrogen-bond acceptors (Lipinski definition) is 3. The van der Waals surface area contributed by atoms with Gasteiger partial charge in [0.05, 0.1) is 5.02 Å². The Kier molecular flexibility index (Phi) is 3.71. The van der Waals surface area contributed by atoms with Crippen LogP contribution in [0.25, 0.3) is 11.0 Å². The number of nitrogens with zero attached hydrogens (tertiary/aromatic N) is 2. The number of fused-ring (bicyclic) bond motifs is 1. The van der Waals surface area contributed by atoms with E-state index in [2.05, 4.69) is 20.9 Å². The van der Waals surface area contributed by atoms with Gasteiger partial charge in [-0.2, -0.15) is 0 Å². The Hall–Kier alpha value is -1.11. The summed E-state index contributed by atoms with van der Waals surface area (Å²) in [6, 6.07) is 1.70. The Morgan fingerprint density at radius 1 is 1.48 bits per heavy atom. The van der Waals surface area contributed by atoms with Crippen LogP contribution < -0.4 is 0 Å². The zero-order valence-corrected chi connectivity index (χ0v) is 14.3. The summed E-state index contributed by atoms with van der Waals surface area (Å²) in [5.41, 5.74) is 1.45. The minimum atomic E-state index is -3.55. The highest BCUT2D eigenvalue weighted by atomic mass is 79.9. The molecule has 110 valence electrons. The summed E-state index contributed by atoms with van der Waals surface area (Å²) < 4.78 is 27.5. The maximum Gasteiger partial charge on any atom is 0.247 e. The van der Waals surface area contributed by atoms with Crippen molar-refractivity contribution >= 4 is 48.6 Å². The lowest BCUT2D eigenvalue weighted by Gasteiger charge is -2.16. The predicted octanol–water partition coefficient (Wildman–Crippen LogP) is 3.90. The van der Waals surface area contributed by atoms with Crippen LogP contribution in [-0.4, -0.2) is 22.6 Å². The Balaban J connectivity index is 2.14. The van der Waals surface area contributed by atoms with Crippen molar-refractivity contribution in [3.05, 3.63) is 51.8 Å². The fraction of sp³-hybridized carbons (Fsp3) is 0.214. The lowest BCUT2D eigenvalue weighted by atomic mass is 10.1. The molecule has 0 spiro atoms. The molecule has 0 saturated carbocycles. The summed E-state index contributed by atoms with van der Waals surface area (Å²) in [4.78, 5) is 4.16. The lowest BCUT2D eigenvalue weighted by molar-refractivity contribution is 0.580. The molecule has 3 rings (SSSR count). The van der Waals surface area contributed by atoms with Gasteiger partial charge in [-0.3, -0.25) is 0 Å². The van der Waals surface area contributed by atoms with E-state index in [-0.39, 0.29) is 0 Å². The third-order valence-electron chi connectivity index (χ3n) is 3.43. The standard InChI is InChI=1S/C14H12BrClN2O2S/c1-9-2-4-11(5-3-9)21(19,20)18-8-13(15)12-6-10(16)7-17-14(12)18/h2-4,6-8,11H,5H2,1H3. The maximum absolute atomic E-state index is 12.8. The van der Waals surface area contributed by atoms with E-state index in [1.807, 2.05) is 19.1 Å². The van der Waals surface area contributed by atoms with Crippen LogP contribution in [0.5, 0.6) is 0 Å². The molecule has 2 aromatic rings. The monoisotopic (exact) mass is 386 g/mol. The highest BCUT2D eigenvalue weighted by molar-refractivity contribution is 9.10. The van der Waals surface area contributed by atoms with E-state index in [0.29, 0.717) is 26.9 Å². The van der Waals surface area contributed by atoms with E-state index >= 15 is 0 Å². The highest BCUT2D eigenvalue weighted by Gasteiger charge is 2.28. The maximum atomic E-state index is 12.8. The van der Waals surface area contributed by atoms with Crippen LogP contribution in [-0.2, 0) is 10.0 Å². The van der Waals surface area contributed by atoms with Crippen molar-refractivity contribution in [3.8, 4) is 0 Å². The van der Waals surface area contributed by atoms with Gasteiger partial charge in [0.15, 0.2) is 5.65 Å². The minimum absolute atomic E-state index is 0.381. The van der Waals surface area contributed by atoms with Crippen LogP contribution in [0.3, 0.4) is 0 Å².